The zero-order chi connectivity index (χ0) is 14.8. The quantitative estimate of drug-likeness (QED) is 0.650. The van der Waals surface area contributed by atoms with Crippen LogP contribution in [0.3, 0.4) is 0 Å². The number of pyridine rings is 1. The molecular formula is C14H19BrN4O2. The summed E-state index contributed by atoms with van der Waals surface area (Å²) in [6, 6.07) is 0.442. The van der Waals surface area contributed by atoms with Crippen LogP contribution in [-0.2, 0) is 0 Å². The van der Waals surface area contributed by atoms with E-state index in [2.05, 4.69) is 31.1 Å². The third-order valence-electron chi connectivity index (χ3n) is 4.24. The van der Waals surface area contributed by atoms with E-state index in [9.17, 15) is 10.1 Å². The van der Waals surface area contributed by atoms with Crippen molar-refractivity contribution < 1.29 is 4.92 Å². The van der Waals surface area contributed by atoms with Crippen molar-refractivity contribution in [2.24, 2.45) is 5.92 Å². The lowest BCUT2D eigenvalue weighted by Gasteiger charge is -2.32. The van der Waals surface area contributed by atoms with Gasteiger partial charge in [-0.2, -0.15) is 0 Å². The number of hydrogen-bond donors (Lipinski definition) is 1. The number of nitrogens with zero attached hydrogens (tertiary/aromatic N) is 3. The maximum Gasteiger partial charge on any atom is 0.311 e. The molecule has 1 N–H and O–H groups in total. The molecule has 3 rings (SSSR count). The third kappa shape index (κ3) is 3.35. The Hall–Kier alpha value is -1.21. The largest absolute Gasteiger partial charge is 0.362 e. The lowest BCUT2D eigenvalue weighted by Crippen LogP contribution is -2.37. The van der Waals surface area contributed by atoms with Gasteiger partial charge in [-0.15, -0.1) is 0 Å². The minimum atomic E-state index is -0.328. The van der Waals surface area contributed by atoms with Crippen molar-refractivity contribution in [2.75, 3.05) is 24.5 Å². The number of hydrogen-bond acceptors (Lipinski definition) is 5. The molecule has 1 aromatic rings. The first-order valence-corrected chi connectivity index (χ1v) is 8.21. The molecule has 1 aliphatic heterocycles. The Morgan fingerprint density at radius 1 is 1.33 bits per heavy atom. The zero-order valence-electron chi connectivity index (χ0n) is 11.8. The van der Waals surface area contributed by atoms with E-state index in [0.29, 0.717) is 17.6 Å². The summed E-state index contributed by atoms with van der Waals surface area (Å²) in [5, 5.41) is 14.7. The van der Waals surface area contributed by atoms with E-state index in [-0.39, 0.29) is 10.6 Å². The minimum absolute atomic E-state index is 0.102. The first kappa shape index (κ1) is 14.7. The number of nitrogens with one attached hydrogen (secondary N) is 1. The van der Waals surface area contributed by atoms with Gasteiger partial charge in [-0.1, -0.05) is 0 Å². The molecule has 0 spiro atoms. The molecule has 0 radical (unpaired) electrons. The Bertz CT molecular complexity index is 530. The van der Waals surface area contributed by atoms with Gasteiger partial charge in [0.15, 0.2) is 0 Å². The molecule has 2 fully saturated rings. The summed E-state index contributed by atoms with van der Waals surface area (Å²) < 4.78 is 0.720. The highest BCUT2D eigenvalue weighted by Crippen LogP contribution is 2.41. The van der Waals surface area contributed by atoms with Crippen molar-refractivity contribution in [3.63, 3.8) is 0 Å². The van der Waals surface area contributed by atoms with Gasteiger partial charge in [0.2, 0.25) is 0 Å². The van der Waals surface area contributed by atoms with Gasteiger partial charge in [0.05, 0.1) is 9.40 Å². The second kappa shape index (κ2) is 6.27. The Morgan fingerprint density at radius 2 is 2.05 bits per heavy atom. The Balaban J connectivity index is 1.88. The molecule has 1 aliphatic carbocycles. The summed E-state index contributed by atoms with van der Waals surface area (Å²) in [4.78, 5) is 17.2. The fourth-order valence-corrected chi connectivity index (χ4v) is 3.54. The predicted molar refractivity (Wildman–Crippen MR) is 84.6 cm³/mol. The first-order chi connectivity index (χ1) is 10.2. The fraction of sp³-hybridized carbons (Fsp3) is 0.643. The van der Waals surface area contributed by atoms with Crippen LogP contribution in [-0.4, -0.2) is 35.6 Å². The number of nitro groups is 1. The lowest BCUT2D eigenvalue weighted by molar-refractivity contribution is -0.384. The van der Waals surface area contributed by atoms with E-state index in [1.807, 2.05) is 0 Å². The van der Waals surface area contributed by atoms with Gasteiger partial charge < -0.3 is 10.2 Å². The van der Waals surface area contributed by atoms with E-state index in [1.54, 1.807) is 6.20 Å². The van der Waals surface area contributed by atoms with E-state index in [4.69, 9.17) is 0 Å². The van der Waals surface area contributed by atoms with Gasteiger partial charge in [0.25, 0.3) is 0 Å². The number of aromatic nitrogens is 1. The number of rotatable bonds is 5. The molecule has 2 heterocycles. The van der Waals surface area contributed by atoms with Crippen molar-refractivity contribution in [1.82, 2.24) is 10.3 Å². The van der Waals surface area contributed by atoms with Gasteiger partial charge in [-0.05, 0) is 60.6 Å². The van der Waals surface area contributed by atoms with Gasteiger partial charge in [-0.25, -0.2) is 0 Å². The number of halogens is 1. The second-order valence-corrected chi connectivity index (χ2v) is 6.68. The zero-order valence-corrected chi connectivity index (χ0v) is 13.4. The number of piperidine rings is 1. The van der Waals surface area contributed by atoms with E-state index >= 15 is 0 Å². The van der Waals surface area contributed by atoms with Gasteiger partial charge in [0.1, 0.15) is 11.9 Å². The Morgan fingerprint density at radius 3 is 2.67 bits per heavy atom. The van der Waals surface area contributed by atoms with Crippen molar-refractivity contribution in [1.29, 1.82) is 0 Å². The van der Waals surface area contributed by atoms with E-state index in [1.165, 1.54) is 6.20 Å². The highest BCUT2D eigenvalue weighted by atomic mass is 79.9. The first-order valence-electron chi connectivity index (χ1n) is 7.42. The van der Waals surface area contributed by atoms with Crippen LogP contribution in [0.25, 0.3) is 0 Å². The molecule has 0 unspecified atom stereocenters. The van der Waals surface area contributed by atoms with Gasteiger partial charge >= 0.3 is 5.69 Å². The molecule has 1 aromatic heterocycles. The predicted octanol–water partition coefficient (Wildman–Crippen LogP) is 2.72. The summed E-state index contributed by atoms with van der Waals surface area (Å²) in [5.74, 6) is 0.603. The molecule has 0 aromatic carbocycles. The number of anilines is 1. The fourth-order valence-electron chi connectivity index (χ4n) is 2.99. The Labute approximate surface area is 132 Å². The highest BCUT2D eigenvalue weighted by Gasteiger charge is 2.36. The lowest BCUT2D eigenvalue weighted by atomic mass is 9.97. The molecule has 0 bridgehead atoms. The minimum Gasteiger partial charge on any atom is -0.362 e. The maximum atomic E-state index is 11.3. The maximum absolute atomic E-state index is 11.3. The van der Waals surface area contributed by atoms with E-state index in [0.717, 1.165) is 49.8 Å². The summed E-state index contributed by atoms with van der Waals surface area (Å²) >= 11 is 3.46. The van der Waals surface area contributed by atoms with Crippen LogP contribution in [0.1, 0.15) is 25.7 Å². The average molecular weight is 355 g/mol. The summed E-state index contributed by atoms with van der Waals surface area (Å²) in [7, 11) is 0. The summed E-state index contributed by atoms with van der Waals surface area (Å²) in [6.45, 7) is 2.99. The van der Waals surface area contributed by atoms with E-state index < -0.39 is 0 Å². The molecule has 0 amide bonds. The Kier molecular flexibility index (Phi) is 4.40. The standard InChI is InChI=1S/C14H19BrN4O2/c15-12-7-17-8-13(19(20)21)14(12)18(11-1-2-11)9-10-3-5-16-6-4-10/h7-8,10-11,16H,1-6,9H2. The smallest absolute Gasteiger partial charge is 0.311 e. The molecule has 7 heteroatoms. The van der Waals surface area contributed by atoms with Crippen LogP contribution in [0.15, 0.2) is 16.9 Å². The topological polar surface area (TPSA) is 71.3 Å². The summed E-state index contributed by atoms with van der Waals surface area (Å²) in [5.41, 5.74) is 0.807. The normalized spacial score (nSPS) is 19.5. The van der Waals surface area contributed by atoms with Crippen molar-refractivity contribution in [2.45, 2.75) is 31.7 Å². The molecule has 1 saturated heterocycles. The van der Waals surface area contributed by atoms with Crippen molar-refractivity contribution in [3.8, 4) is 0 Å². The third-order valence-corrected chi connectivity index (χ3v) is 4.82. The second-order valence-electron chi connectivity index (χ2n) is 5.82. The van der Waals surface area contributed by atoms with Crippen LogP contribution in [0.5, 0.6) is 0 Å². The summed E-state index contributed by atoms with van der Waals surface area (Å²) in [6.07, 6.45) is 7.53. The van der Waals surface area contributed by atoms with Crippen LogP contribution >= 0.6 is 15.9 Å². The molecule has 21 heavy (non-hydrogen) atoms. The molecule has 114 valence electrons. The molecule has 2 aliphatic rings. The molecule has 1 saturated carbocycles. The van der Waals surface area contributed by atoms with Crippen molar-refractivity contribution in [3.05, 3.63) is 27.0 Å². The van der Waals surface area contributed by atoms with Crippen molar-refractivity contribution >= 4 is 27.3 Å². The van der Waals surface area contributed by atoms with Crippen LogP contribution in [0, 0.1) is 16.0 Å². The average Bonchev–Trinajstić information content (AvgIpc) is 3.30. The molecule has 0 atom stereocenters. The molecular weight excluding hydrogens is 336 g/mol. The van der Waals surface area contributed by atoms with Gasteiger partial charge in [-0.3, -0.25) is 15.1 Å². The molecule has 6 nitrogen and oxygen atoms in total. The van der Waals surface area contributed by atoms with Crippen LogP contribution in [0.2, 0.25) is 0 Å². The van der Waals surface area contributed by atoms with Gasteiger partial charge in [0, 0.05) is 18.8 Å². The van der Waals surface area contributed by atoms with Crippen LogP contribution in [0.4, 0.5) is 11.4 Å². The SMILES string of the molecule is O=[N+]([O-])c1cncc(Br)c1N(CC1CCNCC1)C1CC1. The highest BCUT2D eigenvalue weighted by molar-refractivity contribution is 9.10. The van der Waals surface area contributed by atoms with Crippen LogP contribution < -0.4 is 10.2 Å². The monoisotopic (exact) mass is 354 g/mol.